The molecule has 0 saturated heterocycles. The van der Waals surface area contributed by atoms with Crippen LogP contribution in [0.1, 0.15) is 36.3 Å². The molecule has 5 heteroatoms. The van der Waals surface area contributed by atoms with Crippen molar-refractivity contribution in [2.75, 3.05) is 6.54 Å². The van der Waals surface area contributed by atoms with Crippen molar-refractivity contribution in [1.29, 1.82) is 0 Å². The predicted octanol–water partition coefficient (Wildman–Crippen LogP) is 2.04. The quantitative estimate of drug-likeness (QED) is 0.901. The van der Waals surface area contributed by atoms with E-state index in [0.29, 0.717) is 17.8 Å². The Bertz CT molecular complexity index is 582. The zero-order chi connectivity index (χ0) is 13.4. The number of para-hydroxylation sites is 1. The lowest BCUT2D eigenvalue weighted by atomic mass is 10.1. The van der Waals surface area contributed by atoms with Crippen LogP contribution in [0.5, 0.6) is 5.75 Å². The van der Waals surface area contributed by atoms with Crippen molar-refractivity contribution in [3.8, 4) is 5.75 Å². The van der Waals surface area contributed by atoms with Gasteiger partial charge in [-0.15, -0.1) is 10.2 Å². The van der Waals surface area contributed by atoms with Crippen molar-refractivity contribution >= 4 is 0 Å². The fourth-order valence-corrected chi connectivity index (χ4v) is 2.49. The van der Waals surface area contributed by atoms with E-state index in [9.17, 15) is 0 Å². The first kappa shape index (κ1) is 11.9. The summed E-state index contributed by atoms with van der Waals surface area (Å²) in [6, 6.07) is 8.76. The molecule has 4 rings (SSSR count). The monoisotopic (exact) mass is 271 g/mol. The van der Waals surface area contributed by atoms with E-state index >= 15 is 0 Å². The molecule has 0 radical (unpaired) electrons. The van der Waals surface area contributed by atoms with Crippen molar-refractivity contribution in [3.05, 3.63) is 41.6 Å². The highest BCUT2D eigenvalue weighted by molar-refractivity contribution is 5.37. The Morgan fingerprint density at radius 3 is 2.95 bits per heavy atom. The second kappa shape index (κ2) is 4.90. The van der Waals surface area contributed by atoms with Gasteiger partial charge in [0.25, 0.3) is 5.89 Å². The molecule has 0 bridgehead atoms. The van der Waals surface area contributed by atoms with Crippen molar-refractivity contribution in [2.45, 2.75) is 37.8 Å². The Labute approximate surface area is 117 Å². The molecule has 20 heavy (non-hydrogen) atoms. The van der Waals surface area contributed by atoms with E-state index < -0.39 is 0 Å². The number of benzene rings is 1. The smallest absolute Gasteiger partial charge is 0.257 e. The van der Waals surface area contributed by atoms with Crippen LogP contribution in [0.15, 0.2) is 28.7 Å². The third-order valence-electron chi connectivity index (χ3n) is 3.75. The second-order valence-electron chi connectivity index (χ2n) is 5.43. The minimum atomic E-state index is -0.134. The average molecular weight is 271 g/mol. The maximum Gasteiger partial charge on any atom is 0.257 e. The molecule has 1 atom stereocenters. The van der Waals surface area contributed by atoms with Crippen LogP contribution >= 0.6 is 0 Å². The van der Waals surface area contributed by atoms with Crippen LogP contribution in [-0.4, -0.2) is 22.8 Å². The summed E-state index contributed by atoms with van der Waals surface area (Å²) in [5.74, 6) is 2.20. The normalized spacial score (nSPS) is 20.7. The summed E-state index contributed by atoms with van der Waals surface area (Å²) < 4.78 is 11.6. The Hall–Kier alpha value is -1.88. The fraction of sp³-hybridized carbons (Fsp3) is 0.467. The van der Waals surface area contributed by atoms with Crippen molar-refractivity contribution in [2.24, 2.45) is 0 Å². The van der Waals surface area contributed by atoms with Crippen LogP contribution < -0.4 is 10.1 Å². The van der Waals surface area contributed by atoms with Crippen LogP contribution in [0.25, 0.3) is 0 Å². The van der Waals surface area contributed by atoms with Gasteiger partial charge in [-0.25, -0.2) is 0 Å². The van der Waals surface area contributed by atoms with Gasteiger partial charge < -0.3 is 14.5 Å². The third kappa shape index (κ3) is 2.41. The molecule has 1 aliphatic heterocycles. The molecule has 1 N–H and O–H groups in total. The van der Waals surface area contributed by atoms with Gasteiger partial charge in [0.1, 0.15) is 5.75 Å². The zero-order valence-electron chi connectivity index (χ0n) is 11.2. The lowest BCUT2D eigenvalue weighted by Gasteiger charge is -2.04. The number of nitrogens with zero attached hydrogens (tertiary/aromatic N) is 2. The van der Waals surface area contributed by atoms with Gasteiger partial charge >= 0.3 is 0 Å². The maximum atomic E-state index is 5.85. The highest BCUT2D eigenvalue weighted by Crippen LogP contribution is 2.35. The first-order valence-corrected chi connectivity index (χ1v) is 7.19. The van der Waals surface area contributed by atoms with E-state index in [0.717, 1.165) is 25.1 Å². The molecule has 1 aromatic heterocycles. The molecule has 1 saturated carbocycles. The Balaban J connectivity index is 1.38. The molecule has 2 aliphatic rings. The zero-order valence-corrected chi connectivity index (χ0v) is 11.2. The summed E-state index contributed by atoms with van der Waals surface area (Å²) in [6.45, 7) is 0.901. The number of fused-ring (bicyclic) bond motifs is 1. The van der Waals surface area contributed by atoms with Gasteiger partial charge in [-0.05, 0) is 24.5 Å². The third-order valence-corrected chi connectivity index (χ3v) is 3.75. The lowest BCUT2D eigenvalue weighted by molar-refractivity contribution is 0.195. The molecule has 2 aromatic rings. The molecule has 1 aliphatic carbocycles. The molecular formula is C15H17N3O2. The van der Waals surface area contributed by atoms with Gasteiger partial charge in [0, 0.05) is 25.4 Å². The number of nitrogens with one attached hydrogen (secondary N) is 1. The topological polar surface area (TPSA) is 60.2 Å². The summed E-state index contributed by atoms with van der Waals surface area (Å²) in [5.41, 5.74) is 1.20. The first-order valence-electron chi connectivity index (χ1n) is 7.19. The molecule has 1 unspecified atom stereocenters. The van der Waals surface area contributed by atoms with E-state index in [1.165, 1.54) is 18.4 Å². The Kier molecular flexibility index (Phi) is 2.92. The standard InChI is InChI=1S/C15H17N3O2/c1-2-4-12-10(3-1)9-13(19-12)15-18-17-14(20-15)7-8-16-11-5-6-11/h1-4,11,13,16H,5-9H2. The lowest BCUT2D eigenvalue weighted by Crippen LogP contribution is -2.19. The van der Waals surface area contributed by atoms with E-state index in [4.69, 9.17) is 9.15 Å². The van der Waals surface area contributed by atoms with Gasteiger partial charge in [0.15, 0.2) is 6.10 Å². The van der Waals surface area contributed by atoms with Crippen LogP contribution in [0.2, 0.25) is 0 Å². The molecule has 5 nitrogen and oxygen atoms in total. The predicted molar refractivity (Wildman–Crippen MR) is 72.5 cm³/mol. The highest BCUT2D eigenvalue weighted by Gasteiger charge is 2.28. The Morgan fingerprint density at radius 2 is 2.10 bits per heavy atom. The van der Waals surface area contributed by atoms with Crippen molar-refractivity contribution in [1.82, 2.24) is 15.5 Å². The van der Waals surface area contributed by atoms with E-state index in [1.54, 1.807) is 0 Å². The molecule has 0 spiro atoms. The van der Waals surface area contributed by atoms with Gasteiger partial charge in [-0.3, -0.25) is 0 Å². The molecule has 2 heterocycles. The van der Waals surface area contributed by atoms with Crippen LogP contribution in [0, 0.1) is 0 Å². The van der Waals surface area contributed by atoms with Gasteiger partial charge in [-0.1, -0.05) is 18.2 Å². The maximum absolute atomic E-state index is 5.85. The van der Waals surface area contributed by atoms with Gasteiger partial charge in [-0.2, -0.15) is 0 Å². The summed E-state index contributed by atoms with van der Waals surface area (Å²) in [6.07, 6.45) is 4.04. The largest absolute Gasteiger partial charge is 0.480 e. The molecule has 104 valence electrons. The molecular weight excluding hydrogens is 254 g/mol. The molecule has 1 aromatic carbocycles. The molecule has 1 fully saturated rings. The minimum Gasteiger partial charge on any atom is -0.480 e. The number of hydrogen-bond donors (Lipinski definition) is 1. The number of hydrogen-bond acceptors (Lipinski definition) is 5. The van der Waals surface area contributed by atoms with Gasteiger partial charge in [0.05, 0.1) is 0 Å². The van der Waals surface area contributed by atoms with Crippen LogP contribution in [0.4, 0.5) is 0 Å². The summed E-state index contributed by atoms with van der Waals surface area (Å²) in [4.78, 5) is 0. The van der Waals surface area contributed by atoms with E-state index in [-0.39, 0.29) is 6.10 Å². The van der Waals surface area contributed by atoms with E-state index in [1.807, 2.05) is 18.2 Å². The Morgan fingerprint density at radius 1 is 1.20 bits per heavy atom. The van der Waals surface area contributed by atoms with Crippen LogP contribution in [-0.2, 0) is 12.8 Å². The van der Waals surface area contributed by atoms with E-state index in [2.05, 4.69) is 21.6 Å². The van der Waals surface area contributed by atoms with Crippen molar-refractivity contribution in [3.63, 3.8) is 0 Å². The molecule has 0 amide bonds. The second-order valence-corrected chi connectivity index (χ2v) is 5.43. The van der Waals surface area contributed by atoms with Crippen LogP contribution in [0.3, 0.4) is 0 Å². The summed E-state index contributed by atoms with van der Waals surface area (Å²) >= 11 is 0. The fourth-order valence-electron chi connectivity index (χ4n) is 2.49. The van der Waals surface area contributed by atoms with Crippen molar-refractivity contribution < 1.29 is 9.15 Å². The highest BCUT2D eigenvalue weighted by atomic mass is 16.5. The first-order chi connectivity index (χ1) is 9.88. The SMILES string of the molecule is c1ccc2c(c1)CC(c1nnc(CCNC3CC3)o1)O2. The minimum absolute atomic E-state index is 0.134. The number of rotatable bonds is 5. The number of aromatic nitrogens is 2. The summed E-state index contributed by atoms with van der Waals surface area (Å²) in [5, 5.41) is 11.7. The van der Waals surface area contributed by atoms with Gasteiger partial charge in [0.2, 0.25) is 5.89 Å². The summed E-state index contributed by atoms with van der Waals surface area (Å²) in [7, 11) is 0. The average Bonchev–Trinajstić information content (AvgIpc) is 3.01. The number of ether oxygens (including phenoxy) is 1.